The Labute approximate surface area is 133 Å². The van der Waals surface area contributed by atoms with Gasteiger partial charge in [0.25, 0.3) is 0 Å². The number of carbonyl (C=O) groups is 1. The van der Waals surface area contributed by atoms with Crippen molar-refractivity contribution in [3.63, 3.8) is 0 Å². The molecule has 0 spiro atoms. The zero-order chi connectivity index (χ0) is 17.2. The lowest BCUT2D eigenvalue weighted by Gasteiger charge is -2.12. The van der Waals surface area contributed by atoms with Crippen LogP contribution < -0.4 is 4.90 Å². The van der Waals surface area contributed by atoms with Gasteiger partial charge in [-0.15, -0.1) is 10.2 Å². The summed E-state index contributed by atoms with van der Waals surface area (Å²) in [7, 11) is 3.81. The lowest BCUT2D eigenvalue weighted by molar-refractivity contribution is -0.140. The fraction of sp³-hybridized carbons (Fsp3) is 0.200. The van der Waals surface area contributed by atoms with Crippen LogP contribution in [0.25, 0.3) is 0 Å². The van der Waals surface area contributed by atoms with Crippen molar-refractivity contribution in [1.82, 2.24) is 4.98 Å². The lowest BCUT2D eigenvalue weighted by atomic mass is 10.2. The average molecular weight is 318 g/mol. The molecular formula is C15H18N4O4. The van der Waals surface area contributed by atoms with Crippen molar-refractivity contribution in [3.8, 4) is 5.75 Å². The summed E-state index contributed by atoms with van der Waals surface area (Å²) in [5, 5.41) is 32.8. The van der Waals surface area contributed by atoms with E-state index in [0.717, 1.165) is 5.69 Å². The molecule has 8 heteroatoms. The van der Waals surface area contributed by atoms with Gasteiger partial charge in [-0.1, -0.05) is 6.07 Å². The van der Waals surface area contributed by atoms with Gasteiger partial charge in [-0.25, -0.2) is 9.78 Å². The first-order valence-corrected chi connectivity index (χ1v) is 6.59. The number of phenols is 1. The summed E-state index contributed by atoms with van der Waals surface area (Å²) in [5.74, 6) is -0.584. The summed E-state index contributed by atoms with van der Waals surface area (Å²) in [6.07, 6.45) is 1.64. The number of phenolic OH excluding ortho intramolecular Hbond substituents is 1. The number of hydrogen-bond donors (Lipinski definition) is 3. The highest BCUT2D eigenvalue weighted by atomic mass is 16.4. The van der Waals surface area contributed by atoms with Crippen LogP contribution in [0.4, 0.5) is 17.2 Å². The molecule has 1 heterocycles. The number of hydrogen-bond acceptors (Lipinski definition) is 7. The minimum atomic E-state index is -1.19. The van der Waals surface area contributed by atoms with E-state index in [-0.39, 0.29) is 5.75 Å². The van der Waals surface area contributed by atoms with E-state index in [2.05, 4.69) is 15.2 Å². The van der Waals surface area contributed by atoms with Crippen molar-refractivity contribution in [2.24, 2.45) is 10.2 Å². The van der Waals surface area contributed by atoms with Crippen molar-refractivity contribution in [3.05, 3.63) is 42.6 Å². The number of carboxylic acids is 1. The van der Waals surface area contributed by atoms with Gasteiger partial charge in [0.05, 0.1) is 0 Å². The second-order valence-electron chi connectivity index (χ2n) is 4.51. The van der Waals surface area contributed by atoms with E-state index in [4.69, 9.17) is 15.0 Å². The molecule has 0 saturated heterocycles. The smallest absolute Gasteiger partial charge is 0.329 e. The predicted octanol–water partition coefficient (Wildman–Crippen LogP) is 2.33. The predicted molar refractivity (Wildman–Crippen MR) is 85.6 cm³/mol. The summed E-state index contributed by atoms with van der Waals surface area (Å²) in [5.41, 5.74) is 1.33. The van der Waals surface area contributed by atoms with E-state index < -0.39 is 12.6 Å². The molecular weight excluding hydrogens is 300 g/mol. The number of aliphatic carboxylic acids is 1. The van der Waals surface area contributed by atoms with Crippen LogP contribution in [-0.4, -0.2) is 47.0 Å². The van der Waals surface area contributed by atoms with E-state index in [1.807, 2.05) is 37.2 Å². The van der Waals surface area contributed by atoms with Crippen LogP contribution in [0, 0.1) is 0 Å². The number of aliphatic hydroxyl groups is 1. The van der Waals surface area contributed by atoms with Crippen LogP contribution in [0.3, 0.4) is 0 Å². The second kappa shape index (κ2) is 9.11. The Hall–Kier alpha value is -3.00. The Morgan fingerprint density at radius 1 is 1.22 bits per heavy atom. The molecule has 3 N–H and O–H groups in total. The van der Waals surface area contributed by atoms with Crippen molar-refractivity contribution in [1.29, 1.82) is 0 Å². The maximum atomic E-state index is 9.82. The molecule has 0 unspecified atom stereocenters. The Morgan fingerprint density at radius 3 is 2.39 bits per heavy atom. The van der Waals surface area contributed by atoms with Crippen LogP contribution in [0.15, 0.2) is 52.8 Å². The standard InChI is InChI=1S/C13H14N4O.C2H4O3/c1-17(2)10-6-7-11(12(18)9-10)15-16-13-5-3-4-8-14-13;3-1-2(4)5/h3-9,18H,1-2H3;3H,1H2,(H,4,5). The summed E-state index contributed by atoms with van der Waals surface area (Å²) < 4.78 is 0. The van der Waals surface area contributed by atoms with E-state index in [1.165, 1.54) is 0 Å². The van der Waals surface area contributed by atoms with Crippen molar-refractivity contribution >= 4 is 23.2 Å². The van der Waals surface area contributed by atoms with Gasteiger partial charge in [0.15, 0.2) is 5.82 Å². The van der Waals surface area contributed by atoms with E-state index >= 15 is 0 Å². The number of nitrogens with zero attached hydrogens (tertiary/aromatic N) is 4. The zero-order valence-corrected chi connectivity index (χ0v) is 12.8. The van der Waals surface area contributed by atoms with E-state index in [0.29, 0.717) is 11.5 Å². The highest BCUT2D eigenvalue weighted by Crippen LogP contribution is 2.31. The molecule has 0 amide bonds. The molecule has 0 saturated carbocycles. The molecule has 0 aliphatic carbocycles. The topological polar surface area (TPSA) is 119 Å². The summed E-state index contributed by atoms with van der Waals surface area (Å²) in [6, 6.07) is 10.6. The van der Waals surface area contributed by atoms with Gasteiger partial charge in [0.1, 0.15) is 18.0 Å². The second-order valence-corrected chi connectivity index (χ2v) is 4.51. The Kier molecular flexibility index (Phi) is 7.15. The molecule has 8 nitrogen and oxygen atoms in total. The number of aromatic hydroxyl groups is 1. The number of rotatable bonds is 4. The summed E-state index contributed by atoms with van der Waals surface area (Å²) in [6.45, 7) is -0.778. The lowest BCUT2D eigenvalue weighted by Crippen LogP contribution is -2.07. The Bertz CT molecular complexity index is 660. The minimum absolute atomic E-state index is 0.0980. The van der Waals surface area contributed by atoms with Gasteiger partial charge >= 0.3 is 5.97 Å². The van der Waals surface area contributed by atoms with Gasteiger partial charge in [-0.2, -0.15) is 0 Å². The molecule has 0 aliphatic rings. The highest BCUT2D eigenvalue weighted by molar-refractivity contribution is 5.67. The first kappa shape index (κ1) is 18.1. The molecule has 2 aromatic rings. The third-order valence-corrected chi connectivity index (χ3v) is 2.52. The monoisotopic (exact) mass is 318 g/mol. The van der Waals surface area contributed by atoms with Gasteiger partial charge in [-0.3, -0.25) is 0 Å². The normalized spacial score (nSPS) is 10.0. The van der Waals surface area contributed by atoms with Gasteiger partial charge in [0.2, 0.25) is 0 Å². The summed E-state index contributed by atoms with van der Waals surface area (Å²) >= 11 is 0. The van der Waals surface area contributed by atoms with Gasteiger partial charge in [-0.05, 0) is 24.3 Å². The fourth-order valence-corrected chi connectivity index (χ4v) is 1.39. The number of pyridine rings is 1. The first-order chi connectivity index (χ1) is 10.9. The third-order valence-electron chi connectivity index (χ3n) is 2.52. The number of carboxylic acid groups (broad SMARTS) is 1. The first-order valence-electron chi connectivity index (χ1n) is 6.59. The van der Waals surface area contributed by atoms with Crippen LogP contribution in [-0.2, 0) is 4.79 Å². The molecule has 0 fully saturated rings. The minimum Gasteiger partial charge on any atom is -0.506 e. The largest absolute Gasteiger partial charge is 0.506 e. The molecule has 0 aliphatic heterocycles. The molecule has 23 heavy (non-hydrogen) atoms. The molecule has 1 aromatic heterocycles. The van der Waals surface area contributed by atoms with Crippen molar-refractivity contribution in [2.45, 2.75) is 0 Å². The van der Waals surface area contributed by atoms with Crippen LogP contribution in [0.5, 0.6) is 5.75 Å². The van der Waals surface area contributed by atoms with E-state index in [9.17, 15) is 5.11 Å². The fourth-order valence-electron chi connectivity index (χ4n) is 1.39. The molecule has 1 aromatic carbocycles. The highest BCUT2D eigenvalue weighted by Gasteiger charge is 2.03. The summed E-state index contributed by atoms with van der Waals surface area (Å²) in [4.78, 5) is 15.0. The average Bonchev–Trinajstić information content (AvgIpc) is 2.55. The Morgan fingerprint density at radius 2 is 1.91 bits per heavy atom. The number of azo groups is 1. The molecule has 0 radical (unpaired) electrons. The van der Waals surface area contributed by atoms with Crippen LogP contribution in [0.2, 0.25) is 0 Å². The molecule has 0 bridgehead atoms. The van der Waals surface area contributed by atoms with Crippen molar-refractivity contribution < 1.29 is 20.1 Å². The third kappa shape index (κ3) is 6.53. The maximum absolute atomic E-state index is 9.82. The quantitative estimate of drug-likeness (QED) is 0.744. The Balaban J connectivity index is 0.000000463. The number of anilines is 1. The number of aromatic nitrogens is 1. The number of aliphatic hydroxyl groups excluding tert-OH is 1. The van der Waals surface area contributed by atoms with Crippen molar-refractivity contribution in [2.75, 3.05) is 25.6 Å². The zero-order valence-electron chi connectivity index (χ0n) is 12.8. The molecule has 0 atom stereocenters. The van der Waals surface area contributed by atoms with Crippen LogP contribution in [0.1, 0.15) is 0 Å². The van der Waals surface area contributed by atoms with E-state index in [1.54, 1.807) is 24.4 Å². The van der Waals surface area contributed by atoms with Crippen LogP contribution >= 0.6 is 0 Å². The van der Waals surface area contributed by atoms with Gasteiger partial charge in [0, 0.05) is 32.0 Å². The SMILES string of the molecule is CN(C)c1ccc(N=Nc2ccccn2)c(O)c1.O=C(O)CO. The maximum Gasteiger partial charge on any atom is 0.329 e. The number of benzene rings is 1. The molecule has 2 rings (SSSR count). The molecule has 122 valence electrons. The van der Waals surface area contributed by atoms with Gasteiger partial charge < -0.3 is 20.2 Å².